The van der Waals surface area contributed by atoms with Crippen molar-refractivity contribution in [2.24, 2.45) is 0 Å². The number of carbonyl (C=O) groups is 1. The van der Waals surface area contributed by atoms with Crippen LogP contribution in [0.4, 0.5) is 0 Å². The molecule has 0 spiro atoms. The van der Waals surface area contributed by atoms with Gasteiger partial charge in [0, 0.05) is 28.4 Å². The van der Waals surface area contributed by atoms with Crippen LogP contribution in [0.25, 0.3) is 0 Å². The van der Waals surface area contributed by atoms with E-state index in [4.69, 9.17) is 4.74 Å². The molecule has 1 aromatic heterocycles. The van der Waals surface area contributed by atoms with Gasteiger partial charge in [0.2, 0.25) is 0 Å². The summed E-state index contributed by atoms with van der Waals surface area (Å²) in [5.74, 6) is 0.596. The van der Waals surface area contributed by atoms with Gasteiger partial charge in [-0.05, 0) is 29.8 Å². The third-order valence-corrected chi connectivity index (χ3v) is 4.70. The number of rotatable bonds is 4. The molecule has 0 radical (unpaired) electrons. The second-order valence-electron chi connectivity index (χ2n) is 4.60. The number of ether oxygens (including phenoxy) is 1. The van der Waals surface area contributed by atoms with Gasteiger partial charge in [-0.15, -0.1) is 11.8 Å². The highest BCUT2D eigenvalue weighted by molar-refractivity contribution is 9.10. The second kappa shape index (κ2) is 6.07. The Bertz CT molecular complexity index is 705. The molecule has 0 unspecified atom stereocenters. The van der Waals surface area contributed by atoms with Gasteiger partial charge in [0.15, 0.2) is 0 Å². The minimum atomic E-state index is -0.957. The van der Waals surface area contributed by atoms with Crippen LogP contribution < -0.4 is 4.74 Å². The van der Waals surface area contributed by atoms with Gasteiger partial charge in [0.05, 0.1) is 12.2 Å². The highest BCUT2D eigenvalue weighted by atomic mass is 79.9. The van der Waals surface area contributed by atoms with Crippen molar-refractivity contribution in [2.45, 2.75) is 17.2 Å². The van der Waals surface area contributed by atoms with Gasteiger partial charge in [-0.25, -0.2) is 9.78 Å². The number of nitrogens with zero attached hydrogens (tertiary/aromatic N) is 1. The molecule has 0 bridgehead atoms. The normalized spacial score (nSPS) is 12.8. The van der Waals surface area contributed by atoms with E-state index in [1.165, 1.54) is 17.3 Å². The Kier molecular flexibility index (Phi) is 4.17. The van der Waals surface area contributed by atoms with Crippen molar-refractivity contribution in [3.05, 3.63) is 51.6 Å². The molecular weight excluding hydrogens is 354 g/mol. The average molecular weight is 366 g/mol. The fraction of sp³-hybridized carbons (Fsp3) is 0.200. The van der Waals surface area contributed by atoms with E-state index in [2.05, 4.69) is 27.0 Å². The molecule has 4 nitrogen and oxygen atoms in total. The topological polar surface area (TPSA) is 59.4 Å². The van der Waals surface area contributed by atoms with E-state index >= 15 is 0 Å². The van der Waals surface area contributed by atoms with Crippen LogP contribution in [0.1, 0.15) is 21.5 Å². The lowest BCUT2D eigenvalue weighted by atomic mass is 10.1. The van der Waals surface area contributed by atoms with Gasteiger partial charge >= 0.3 is 5.97 Å². The minimum absolute atomic E-state index is 0.232. The van der Waals surface area contributed by atoms with Crippen molar-refractivity contribution in [1.29, 1.82) is 0 Å². The van der Waals surface area contributed by atoms with Crippen molar-refractivity contribution in [3.8, 4) is 5.75 Å². The minimum Gasteiger partial charge on any atom is -0.493 e. The number of aromatic carboxylic acids is 1. The first-order valence-corrected chi connectivity index (χ1v) is 8.18. The third kappa shape index (κ3) is 3.06. The molecule has 0 amide bonds. The molecule has 0 aliphatic carbocycles. The molecule has 6 heteroatoms. The second-order valence-corrected chi connectivity index (χ2v) is 6.48. The Labute approximate surface area is 134 Å². The maximum Gasteiger partial charge on any atom is 0.338 e. The number of pyridine rings is 1. The summed E-state index contributed by atoms with van der Waals surface area (Å²) in [7, 11) is 0. The summed E-state index contributed by atoms with van der Waals surface area (Å²) >= 11 is 4.92. The molecule has 0 atom stereocenters. The van der Waals surface area contributed by atoms with Crippen LogP contribution in [0.15, 0.2) is 40.0 Å². The zero-order valence-electron chi connectivity index (χ0n) is 11.0. The van der Waals surface area contributed by atoms with Gasteiger partial charge in [0.25, 0.3) is 0 Å². The number of hydrogen-bond acceptors (Lipinski definition) is 4. The predicted octanol–water partition coefficient (Wildman–Crippen LogP) is 3.77. The molecule has 108 valence electrons. The van der Waals surface area contributed by atoms with Crippen LogP contribution in [-0.2, 0) is 12.2 Å². The SMILES string of the molecule is O=C(O)c1cccnc1SCc1cc(Br)cc2c1OCC2. The number of carboxylic acid groups (broad SMARTS) is 1. The Morgan fingerprint density at radius 1 is 1.48 bits per heavy atom. The lowest BCUT2D eigenvalue weighted by Gasteiger charge is -2.09. The van der Waals surface area contributed by atoms with E-state index < -0.39 is 5.97 Å². The number of hydrogen-bond donors (Lipinski definition) is 1. The maximum atomic E-state index is 11.2. The zero-order valence-corrected chi connectivity index (χ0v) is 13.4. The molecule has 0 fully saturated rings. The number of thioether (sulfide) groups is 1. The third-order valence-electron chi connectivity index (χ3n) is 3.19. The number of fused-ring (bicyclic) bond motifs is 1. The van der Waals surface area contributed by atoms with E-state index in [-0.39, 0.29) is 5.56 Å². The van der Waals surface area contributed by atoms with Crippen LogP contribution in [-0.4, -0.2) is 22.7 Å². The number of benzene rings is 1. The van der Waals surface area contributed by atoms with Gasteiger partial charge in [-0.2, -0.15) is 0 Å². The van der Waals surface area contributed by atoms with Crippen LogP contribution >= 0.6 is 27.7 Å². The van der Waals surface area contributed by atoms with Crippen LogP contribution in [0.2, 0.25) is 0 Å². The van der Waals surface area contributed by atoms with Crippen LogP contribution in [0.3, 0.4) is 0 Å². The molecule has 21 heavy (non-hydrogen) atoms. The van der Waals surface area contributed by atoms with Crippen molar-refractivity contribution in [2.75, 3.05) is 6.61 Å². The zero-order chi connectivity index (χ0) is 14.8. The first kappa shape index (κ1) is 14.4. The Morgan fingerprint density at radius 3 is 3.14 bits per heavy atom. The molecule has 0 saturated carbocycles. The number of aromatic nitrogens is 1. The highest BCUT2D eigenvalue weighted by Gasteiger charge is 2.18. The van der Waals surface area contributed by atoms with Crippen molar-refractivity contribution >= 4 is 33.7 Å². The summed E-state index contributed by atoms with van der Waals surface area (Å²) in [6.45, 7) is 0.702. The van der Waals surface area contributed by atoms with E-state index in [1.54, 1.807) is 18.3 Å². The summed E-state index contributed by atoms with van der Waals surface area (Å²) < 4.78 is 6.70. The van der Waals surface area contributed by atoms with Gasteiger partial charge in [-0.3, -0.25) is 0 Å². The van der Waals surface area contributed by atoms with E-state index in [0.717, 1.165) is 22.2 Å². The summed E-state index contributed by atoms with van der Waals surface area (Å²) in [5.41, 5.74) is 2.48. The summed E-state index contributed by atoms with van der Waals surface area (Å²) in [4.78, 5) is 15.3. The lowest BCUT2D eigenvalue weighted by Crippen LogP contribution is -2.00. The standard InChI is InChI=1S/C15H12BrNO3S/c16-11-6-9-3-5-20-13(9)10(7-11)8-21-14-12(15(18)19)2-1-4-17-14/h1-2,4,6-7H,3,5,8H2,(H,18,19). The van der Waals surface area contributed by atoms with E-state index in [1.807, 2.05) is 6.07 Å². The summed E-state index contributed by atoms with van der Waals surface area (Å²) in [6.07, 6.45) is 2.52. The molecule has 2 aromatic rings. The fourth-order valence-corrected chi connectivity index (χ4v) is 3.77. The van der Waals surface area contributed by atoms with Crippen molar-refractivity contribution in [1.82, 2.24) is 4.98 Å². The molecule has 3 rings (SSSR count). The molecule has 1 aliphatic rings. The molecule has 1 aliphatic heterocycles. The first-order chi connectivity index (χ1) is 10.1. The smallest absolute Gasteiger partial charge is 0.338 e. The summed E-state index contributed by atoms with van der Waals surface area (Å²) in [5, 5.41) is 9.70. The van der Waals surface area contributed by atoms with Gasteiger partial charge in [0.1, 0.15) is 10.8 Å². The Morgan fingerprint density at radius 2 is 2.33 bits per heavy atom. The Balaban J connectivity index is 1.85. The van der Waals surface area contributed by atoms with E-state index in [9.17, 15) is 9.90 Å². The van der Waals surface area contributed by atoms with Crippen LogP contribution in [0, 0.1) is 0 Å². The Hall–Kier alpha value is -1.53. The predicted molar refractivity (Wildman–Crippen MR) is 84.1 cm³/mol. The number of halogens is 1. The molecule has 1 N–H and O–H groups in total. The highest BCUT2D eigenvalue weighted by Crippen LogP contribution is 2.36. The molecule has 1 aromatic carbocycles. The number of carboxylic acids is 1. The largest absolute Gasteiger partial charge is 0.493 e. The fourth-order valence-electron chi connectivity index (χ4n) is 2.27. The lowest BCUT2D eigenvalue weighted by molar-refractivity contribution is 0.0692. The van der Waals surface area contributed by atoms with Gasteiger partial charge < -0.3 is 9.84 Å². The monoisotopic (exact) mass is 365 g/mol. The maximum absolute atomic E-state index is 11.2. The van der Waals surface area contributed by atoms with Gasteiger partial charge in [-0.1, -0.05) is 15.9 Å². The van der Waals surface area contributed by atoms with E-state index in [0.29, 0.717) is 17.4 Å². The van der Waals surface area contributed by atoms with Crippen molar-refractivity contribution < 1.29 is 14.6 Å². The quantitative estimate of drug-likeness (QED) is 0.835. The first-order valence-electron chi connectivity index (χ1n) is 6.40. The molecule has 0 saturated heterocycles. The average Bonchev–Trinajstić information content (AvgIpc) is 2.93. The molecule has 2 heterocycles. The molecular formula is C15H12BrNO3S. The van der Waals surface area contributed by atoms with Crippen LogP contribution in [0.5, 0.6) is 5.75 Å². The van der Waals surface area contributed by atoms with Crippen molar-refractivity contribution in [3.63, 3.8) is 0 Å². The summed E-state index contributed by atoms with van der Waals surface area (Å²) in [6, 6.07) is 7.29.